The summed E-state index contributed by atoms with van der Waals surface area (Å²) in [7, 11) is 0. The molecule has 0 amide bonds. The standard InChI is InChI=1S/C16H13NO2S/c18-16(19)12-8-13(20-10-12)9-17-15-7-3-5-11-4-1-2-6-14(11)15/h1-8,10,17H,9H2,(H,18,19). The summed E-state index contributed by atoms with van der Waals surface area (Å²) in [6, 6.07) is 16.0. The molecule has 0 radical (unpaired) electrons. The van der Waals surface area contributed by atoms with Gasteiger partial charge in [0.15, 0.2) is 0 Å². The lowest BCUT2D eigenvalue weighted by Crippen LogP contribution is -1.98. The van der Waals surface area contributed by atoms with Crippen LogP contribution < -0.4 is 5.32 Å². The van der Waals surface area contributed by atoms with E-state index >= 15 is 0 Å². The maximum atomic E-state index is 10.8. The van der Waals surface area contributed by atoms with Crippen molar-refractivity contribution in [2.75, 3.05) is 5.32 Å². The van der Waals surface area contributed by atoms with Crippen LogP contribution in [0.5, 0.6) is 0 Å². The highest BCUT2D eigenvalue weighted by atomic mass is 32.1. The van der Waals surface area contributed by atoms with Crippen LogP contribution in [0, 0.1) is 0 Å². The smallest absolute Gasteiger partial charge is 0.336 e. The minimum absolute atomic E-state index is 0.352. The molecule has 0 spiro atoms. The van der Waals surface area contributed by atoms with Crippen LogP contribution in [0.3, 0.4) is 0 Å². The maximum absolute atomic E-state index is 10.8. The van der Waals surface area contributed by atoms with E-state index in [1.165, 1.54) is 22.1 Å². The lowest BCUT2D eigenvalue weighted by molar-refractivity contribution is 0.0697. The minimum Gasteiger partial charge on any atom is -0.478 e. The molecule has 4 heteroatoms. The quantitative estimate of drug-likeness (QED) is 0.754. The first-order valence-corrected chi connectivity index (χ1v) is 7.14. The Morgan fingerprint density at radius 3 is 2.75 bits per heavy atom. The summed E-state index contributed by atoms with van der Waals surface area (Å²) in [5.74, 6) is -0.877. The highest BCUT2D eigenvalue weighted by Crippen LogP contribution is 2.24. The topological polar surface area (TPSA) is 49.3 Å². The fourth-order valence-corrected chi connectivity index (χ4v) is 2.95. The molecule has 0 unspecified atom stereocenters. The molecule has 3 aromatic rings. The van der Waals surface area contributed by atoms with Gasteiger partial charge in [0.05, 0.1) is 5.56 Å². The third kappa shape index (κ3) is 2.51. The Kier molecular flexibility index (Phi) is 3.39. The highest BCUT2D eigenvalue weighted by Gasteiger charge is 2.06. The monoisotopic (exact) mass is 283 g/mol. The van der Waals surface area contributed by atoms with E-state index in [4.69, 9.17) is 5.11 Å². The number of aromatic carboxylic acids is 1. The summed E-state index contributed by atoms with van der Waals surface area (Å²) in [5.41, 5.74) is 1.41. The van der Waals surface area contributed by atoms with Crippen molar-refractivity contribution in [3.8, 4) is 0 Å². The van der Waals surface area contributed by atoms with Crippen LogP contribution in [-0.2, 0) is 6.54 Å². The van der Waals surface area contributed by atoms with E-state index in [1.54, 1.807) is 11.4 Å². The molecule has 3 nitrogen and oxygen atoms in total. The molecule has 1 aromatic heterocycles. The summed E-state index contributed by atoms with van der Waals surface area (Å²) in [6.07, 6.45) is 0. The van der Waals surface area contributed by atoms with Gasteiger partial charge in [-0.25, -0.2) is 4.79 Å². The van der Waals surface area contributed by atoms with Crippen molar-refractivity contribution >= 4 is 33.8 Å². The predicted octanol–water partition coefficient (Wildman–Crippen LogP) is 4.21. The van der Waals surface area contributed by atoms with Crippen molar-refractivity contribution in [1.82, 2.24) is 0 Å². The van der Waals surface area contributed by atoms with Gasteiger partial charge in [-0.2, -0.15) is 0 Å². The van der Waals surface area contributed by atoms with Crippen LogP contribution in [0.1, 0.15) is 15.2 Å². The normalized spacial score (nSPS) is 10.6. The molecule has 0 aliphatic heterocycles. The summed E-state index contributed by atoms with van der Waals surface area (Å²) in [6.45, 7) is 0.631. The summed E-state index contributed by atoms with van der Waals surface area (Å²) in [5, 5.41) is 16.3. The molecule has 0 fully saturated rings. The zero-order valence-electron chi connectivity index (χ0n) is 10.7. The number of rotatable bonds is 4. The lowest BCUT2D eigenvalue weighted by Gasteiger charge is -2.08. The second-order valence-electron chi connectivity index (χ2n) is 4.49. The average molecular weight is 283 g/mol. The number of hydrogen-bond acceptors (Lipinski definition) is 3. The fourth-order valence-electron chi connectivity index (χ4n) is 2.15. The van der Waals surface area contributed by atoms with E-state index in [1.807, 2.05) is 24.3 Å². The number of carboxylic acids is 1. The Hall–Kier alpha value is -2.33. The Balaban J connectivity index is 1.81. The van der Waals surface area contributed by atoms with Crippen molar-refractivity contribution in [3.63, 3.8) is 0 Å². The fraction of sp³-hybridized carbons (Fsp3) is 0.0625. The molecule has 1 heterocycles. The number of fused-ring (bicyclic) bond motifs is 1. The molecule has 0 saturated heterocycles. The molecule has 100 valence electrons. The van der Waals surface area contributed by atoms with Gasteiger partial charge in [0.25, 0.3) is 0 Å². The zero-order chi connectivity index (χ0) is 13.9. The largest absolute Gasteiger partial charge is 0.478 e. The zero-order valence-corrected chi connectivity index (χ0v) is 11.5. The Labute approximate surface area is 120 Å². The summed E-state index contributed by atoms with van der Waals surface area (Å²) in [4.78, 5) is 11.9. The van der Waals surface area contributed by atoms with Crippen molar-refractivity contribution in [1.29, 1.82) is 0 Å². The van der Waals surface area contributed by atoms with Gasteiger partial charge in [0.1, 0.15) is 0 Å². The number of benzene rings is 2. The van der Waals surface area contributed by atoms with Gasteiger partial charge in [-0.05, 0) is 17.5 Å². The molecule has 3 rings (SSSR count). The van der Waals surface area contributed by atoms with Gasteiger partial charge in [0.2, 0.25) is 0 Å². The van der Waals surface area contributed by atoms with Crippen molar-refractivity contribution in [2.24, 2.45) is 0 Å². The van der Waals surface area contributed by atoms with Gasteiger partial charge >= 0.3 is 5.97 Å². The number of carbonyl (C=O) groups is 1. The van der Waals surface area contributed by atoms with Gasteiger partial charge < -0.3 is 10.4 Å². The lowest BCUT2D eigenvalue weighted by atomic mass is 10.1. The van der Waals surface area contributed by atoms with Gasteiger partial charge in [-0.1, -0.05) is 36.4 Å². The number of carboxylic acid groups (broad SMARTS) is 1. The van der Waals surface area contributed by atoms with Crippen molar-refractivity contribution in [3.05, 3.63) is 64.4 Å². The highest BCUT2D eigenvalue weighted by molar-refractivity contribution is 7.10. The third-order valence-electron chi connectivity index (χ3n) is 3.14. The van der Waals surface area contributed by atoms with E-state index in [-0.39, 0.29) is 0 Å². The molecular weight excluding hydrogens is 270 g/mol. The minimum atomic E-state index is -0.877. The summed E-state index contributed by atoms with van der Waals surface area (Å²) < 4.78 is 0. The number of thiophene rings is 1. The van der Waals surface area contributed by atoms with Crippen molar-refractivity contribution in [2.45, 2.75) is 6.54 Å². The Bertz CT molecular complexity index is 759. The van der Waals surface area contributed by atoms with Crippen LogP contribution >= 0.6 is 11.3 Å². The van der Waals surface area contributed by atoms with E-state index in [0.717, 1.165) is 10.6 Å². The first kappa shape index (κ1) is 12.7. The number of hydrogen-bond donors (Lipinski definition) is 2. The van der Waals surface area contributed by atoms with Gasteiger partial charge in [-0.3, -0.25) is 0 Å². The van der Waals surface area contributed by atoms with E-state index in [0.29, 0.717) is 12.1 Å². The molecule has 0 bridgehead atoms. The number of nitrogens with one attached hydrogen (secondary N) is 1. The summed E-state index contributed by atoms with van der Waals surface area (Å²) >= 11 is 1.46. The Morgan fingerprint density at radius 2 is 1.95 bits per heavy atom. The molecule has 20 heavy (non-hydrogen) atoms. The van der Waals surface area contributed by atoms with E-state index in [2.05, 4.69) is 23.5 Å². The third-order valence-corrected chi connectivity index (χ3v) is 4.08. The molecule has 0 atom stereocenters. The second-order valence-corrected chi connectivity index (χ2v) is 5.48. The first-order valence-electron chi connectivity index (χ1n) is 6.26. The number of anilines is 1. The second kappa shape index (κ2) is 5.35. The molecular formula is C16H13NO2S. The van der Waals surface area contributed by atoms with Crippen molar-refractivity contribution < 1.29 is 9.90 Å². The van der Waals surface area contributed by atoms with Crippen LogP contribution in [0.25, 0.3) is 10.8 Å². The van der Waals surface area contributed by atoms with Crippen LogP contribution in [0.15, 0.2) is 53.9 Å². The van der Waals surface area contributed by atoms with Gasteiger partial charge in [0, 0.05) is 27.9 Å². The molecule has 0 aliphatic carbocycles. The molecule has 0 saturated carbocycles. The first-order chi connectivity index (χ1) is 9.74. The van der Waals surface area contributed by atoms with Crippen LogP contribution in [0.2, 0.25) is 0 Å². The SMILES string of the molecule is O=C(O)c1csc(CNc2cccc3ccccc23)c1. The predicted molar refractivity (Wildman–Crippen MR) is 82.6 cm³/mol. The molecule has 2 N–H and O–H groups in total. The van der Waals surface area contributed by atoms with E-state index < -0.39 is 5.97 Å². The van der Waals surface area contributed by atoms with Crippen LogP contribution in [-0.4, -0.2) is 11.1 Å². The van der Waals surface area contributed by atoms with E-state index in [9.17, 15) is 4.79 Å². The molecule has 2 aromatic carbocycles. The van der Waals surface area contributed by atoms with Gasteiger partial charge in [-0.15, -0.1) is 11.3 Å². The maximum Gasteiger partial charge on any atom is 0.336 e. The molecule has 0 aliphatic rings. The van der Waals surface area contributed by atoms with Crippen LogP contribution in [0.4, 0.5) is 5.69 Å². The average Bonchev–Trinajstić information content (AvgIpc) is 2.94. The Morgan fingerprint density at radius 1 is 1.15 bits per heavy atom.